The lowest BCUT2D eigenvalue weighted by Gasteiger charge is -2.26. The number of benzene rings is 2. The van der Waals surface area contributed by atoms with Gasteiger partial charge in [-0.3, -0.25) is 14.9 Å². The summed E-state index contributed by atoms with van der Waals surface area (Å²) in [4.78, 5) is 38.4. The van der Waals surface area contributed by atoms with Crippen LogP contribution in [0.5, 0.6) is 0 Å². The van der Waals surface area contributed by atoms with E-state index in [0.717, 1.165) is 16.3 Å². The van der Waals surface area contributed by atoms with Gasteiger partial charge in [0.1, 0.15) is 5.57 Å². The molecule has 0 saturated carbocycles. The number of imide groups is 2. The molecule has 2 heterocycles. The summed E-state index contributed by atoms with van der Waals surface area (Å²) in [5, 5.41) is 2.69. The quantitative estimate of drug-likeness (QED) is 0.526. The van der Waals surface area contributed by atoms with Crippen molar-refractivity contribution < 1.29 is 14.4 Å². The predicted molar refractivity (Wildman–Crippen MR) is 111 cm³/mol. The number of nitrogens with zero attached hydrogens (tertiary/aromatic N) is 2. The Labute approximate surface area is 172 Å². The number of carbonyl (C=O) groups excluding carboxylic acids is 3. The van der Waals surface area contributed by atoms with E-state index in [2.05, 4.69) is 5.32 Å². The fourth-order valence-electron chi connectivity index (χ4n) is 3.19. The van der Waals surface area contributed by atoms with Gasteiger partial charge in [0.15, 0.2) is 0 Å². The fourth-order valence-corrected chi connectivity index (χ4v) is 3.32. The number of hydrogen-bond donors (Lipinski definition) is 1. The van der Waals surface area contributed by atoms with E-state index < -0.39 is 17.8 Å². The minimum absolute atomic E-state index is 0.121. The molecule has 6 nitrogen and oxygen atoms in total. The third-order valence-electron chi connectivity index (χ3n) is 4.57. The van der Waals surface area contributed by atoms with Crippen molar-refractivity contribution in [3.63, 3.8) is 0 Å². The Bertz CT molecular complexity index is 1150. The molecule has 0 spiro atoms. The van der Waals surface area contributed by atoms with Gasteiger partial charge in [0.2, 0.25) is 0 Å². The zero-order valence-electron chi connectivity index (χ0n) is 15.4. The molecule has 0 radical (unpaired) electrons. The van der Waals surface area contributed by atoms with Crippen molar-refractivity contribution in [2.45, 2.75) is 6.92 Å². The van der Waals surface area contributed by atoms with Crippen molar-refractivity contribution in [3.8, 4) is 5.69 Å². The molecular weight excluding hydrogens is 390 g/mol. The number of amides is 4. The average molecular weight is 406 g/mol. The Morgan fingerprint density at radius 3 is 2.31 bits per heavy atom. The minimum Gasteiger partial charge on any atom is -0.321 e. The van der Waals surface area contributed by atoms with Crippen LogP contribution in [0.1, 0.15) is 11.3 Å². The highest BCUT2D eigenvalue weighted by Crippen LogP contribution is 2.24. The monoisotopic (exact) mass is 405 g/mol. The first-order valence-electron chi connectivity index (χ1n) is 8.85. The van der Waals surface area contributed by atoms with Crippen molar-refractivity contribution in [3.05, 3.63) is 88.7 Å². The number of aromatic nitrogens is 1. The molecule has 1 saturated heterocycles. The number of barbiturate groups is 1. The molecule has 7 heteroatoms. The number of halogens is 1. The Kier molecular flexibility index (Phi) is 4.78. The zero-order chi connectivity index (χ0) is 20.5. The van der Waals surface area contributed by atoms with Gasteiger partial charge >= 0.3 is 6.03 Å². The maximum Gasteiger partial charge on any atom is 0.335 e. The first-order valence-corrected chi connectivity index (χ1v) is 9.23. The summed E-state index contributed by atoms with van der Waals surface area (Å²) in [6.45, 7) is 1.93. The molecule has 1 aromatic heterocycles. The molecule has 1 fully saturated rings. The summed E-state index contributed by atoms with van der Waals surface area (Å²) < 4.78 is 1.96. The van der Waals surface area contributed by atoms with E-state index in [1.165, 1.54) is 6.08 Å². The number of aryl methyl sites for hydroxylation is 1. The average Bonchev–Trinajstić information content (AvgIpc) is 3.07. The number of anilines is 1. The zero-order valence-corrected chi connectivity index (χ0v) is 16.2. The van der Waals surface area contributed by atoms with E-state index in [9.17, 15) is 14.4 Å². The minimum atomic E-state index is -0.794. The highest BCUT2D eigenvalue weighted by molar-refractivity contribution is 6.39. The summed E-state index contributed by atoms with van der Waals surface area (Å²) in [6.07, 6.45) is 3.32. The summed E-state index contributed by atoms with van der Waals surface area (Å²) in [5.41, 5.74) is 2.79. The number of hydrogen-bond acceptors (Lipinski definition) is 3. The summed E-state index contributed by atoms with van der Waals surface area (Å²) in [5.74, 6) is -1.42. The predicted octanol–water partition coefficient (Wildman–Crippen LogP) is 4.11. The second kappa shape index (κ2) is 7.41. The van der Waals surface area contributed by atoms with Gasteiger partial charge in [-0.15, -0.1) is 0 Å². The number of para-hydroxylation sites is 1. The molecule has 3 aromatic rings. The van der Waals surface area contributed by atoms with Gasteiger partial charge < -0.3 is 4.57 Å². The Morgan fingerprint density at radius 2 is 1.62 bits per heavy atom. The first kappa shape index (κ1) is 18.7. The van der Waals surface area contributed by atoms with Gasteiger partial charge in [-0.1, -0.05) is 29.8 Å². The van der Waals surface area contributed by atoms with Crippen LogP contribution in [0.25, 0.3) is 11.8 Å². The Morgan fingerprint density at radius 1 is 0.931 bits per heavy atom. The first-order chi connectivity index (χ1) is 13.9. The second-order valence-electron chi connectivity index (χ2n) is 6.55. The standard InChI is InChI=1S/C22H16ClN3O3/c1-14-11-15(13-25(14)17-5-3-2-4-6-17)12-19-20(27)24-22(29)26(21(19)28)18-9-7-16(23)8-10-18/h2-13H,1H3,(H,24,27,29)/b19-12-. The summed E-state index contributed by atoms with van der Waals surface area (Å²) >= 11 is 5.88. The van der Waals surface area contributed by atoms with Crippen LogP contribution < -0.4 is 10.2 Å². The van der Waals surface area contributed by atoms with Crippen molar-refractivity contribution in [1.82, 2.24) is 9.88 Å². The van der Waals surface area contributed by atoms with Gasteiger partial charge in [0, 0.05) is 22.6 Å². The number of urea groups is 1. The van der Waals surface area contributed by atoms with E-state index in [1.54, 1.807) is 24.3 Å². The van der Waals surface area contributed by atoms with Gasteiger partial charge in [-0.25, -0.2) is 9.69 Å². The van der Waals surface area contributed by atoms with Crippen LogP contribution in [0, 0.1) is 6.92 Å². The molecule has 4 amide bonds. The normalized spacial score (nSPS) is 15.7. The second-order valence-corrected chi connectivity index (χ2v) is 6.99. The largest absolute Gasteiger partial charge is 0.335 e. The smallest absolute Gasteiger partial charge is 0.321 e. The number of rotatable bonds is 3. The van der Waals surface area contributed by atoms with Crippen LogP contribution in [0.2, 0.25) is 5.02 Å². The fraction of sp³-hybridized carbons (Fsp3) is 0.0455. The molecule has 144 valence electrons. The van der Waals surface area contributed by atoms with Crippen LogP contribution in [0.15, 0.2) is 72.4 Å². The van der Waals surface area contributed by atoms with Crippen molar-refractivity contribution in [2.75, 3.05) is 4.90 Å². The molecule has 4 rings (SSSR count). The SMILES string of the molecule is Cc1cc(/C=C2/C(=O)NC(=O)N(c3ccc(Cl)cc3)C2=O)cn1-c1ccccc1. The molecule has 29 heavy (non-hydrogen) atoms. The lowest BCUT2D eigenvalue weighted by molar-refractivity contribution is -0.122. The van der Waals surface area contributed by atoms with Gasteiger partial charge in [-0.05, 0) is 61.0 Å². The van der Waals surface area contributed by atoms with E-state index in [0.29, 0.717) is 16.3 Å². The Balaban J connectivity index is 1.71. The highest BCUT2D eigenvalue weighted by atomic mass is 35.5. The van der Waals surface area contributed by atoms with Crippen molar-refractivity contribution >= 4 is 41.2 Å². The van der Waals surface area contributed by atoms with Gasteiger partial charge in [0.25, 0.3) is 11.8 Å². The van der Waals surface area contributed by atoms with Crippen LogP contribution in [0.4, 0.5) is 10.5 Å². The van der Waals surface area contributed by atoms with Gasteiger partial charge in [0.05, 0.1) is 5.69 Å². The number of carbonyl (C=O) groups is 3. The van der Waals surface area contributed by atoms with Crippen LogP contribution >= 0.6 is 11.6 Å². The van der Waals surface area contributed by atoms with E-state index in [4.69, 9.17) is 11.6 Å². The lowest BCUT2D eigenvalue weighted by Crippen LogP contribution is -2.54. The molecule has 2 aromatic carbocycles. The molecule has 0 atom stereocenters. The maximum atomic E-state index is 12.9. The molecule has 0 unspecified atom stereocenters. The van der Waals surface area contributed by atoms with E-state index >= 15 is 0 Å². The van der Waals surface area contributed by atoms with Crippen LogP contribution in [-0.2, 0) is 9.59 Å². The summed E-state index contributed by atoms with van der Waals surface area (Å²) in [7, 11) is 0. The van der Waals surface area contributed by atoms with Crippen molar-refractivity contribution in [2.24, 2.45) is 0 Å². The molecule has 0 bridgehead atoms. The van der Waals surface area contributed by atoms with E-state index in [-0.39, 0.29) is 5.57 Å². The third kappa shape index (κ3) is 3.58. The molecule has 0 aliphatic carbocycles. The lowest BCUT2D eigenvalue weighted by atomic mass is 10.1. The highest BCUT2D eigenvalue weighted by Gasteiger charge is 2.36. The maximum absolute atomic E-state index is 12.9. The number of nitrogens with one attached hydrogen (secondary N) is 1. The van der Waals surface area contributed by atoms with E-state index in [1.807, 2.05) is 54.1 Å². The molecule has 1 N–H and O–H groups in total. The third-order valence-corrected chi connectivity index (χ3v) is 4.82. The molecule has 1 aliphatic rings. The van der Waals surface area contributed by atoms with Crippen molar-refractivity contribution in [1.29, 1.82) is 0 Å². The molecular formula is C22H16ClN3O3. The van der Waals surface area contributed by atoms with Gasteiger partial charge in [-0.2, -0.15) is 0 Å². The summed E-state index contributed by atoms with van der Waals surface area (Å²) in [6, 6.07) is 17.0. The topological polar surface area (TPSA) is 71.4 Å². The Hall–Kier alpha value is -3.64. The van der Waals surface area contributed by atoms with Crippen LogP contribution in [-0.4, -0.2) is 22.4 Å². The van der Waals surface area contributed by atoms with Crippen LogP contribution in [0.3, 0.4) is 0 Å². The molecule has 1 aliphatic heterocycles.